The summed E-state index contributed by atoms with van der Waals surface area (Å²) in [7, 11) is 0. The molecule has 1 aromatic rings. The van der Waals surface area contributed by atoms with E-state index in [-0.39, 0.29) is 24.5 Å². The van der Waals surface area contributed by atoms with Crippen LogP contribution >= 0.6 is 0 Å². The Morgan fingerprint density at radius 2 is 2.14 bits per heavy atom. The number of nitro benzene ring substituents is 1. The molecule has 1 saturated heterocycles. The van der Waals surface area contributed by atoms with E-state index in [4.69, 9.17) is 9.84 Å². The van der Waals surface area contributed by atoms with Crippen molar-refractivity contribution in [2.45, 2.75) is 13.0 Å². The minimum absolute atomic E-state index is 0.0551. The molecule has 2 atom stereocenters. The molecule has 8 heteroatoms. The number of carbonyl (C=O) groups is 2. The zero-order chi connectivity index (χ0) is 15.6. The smallest absolute Gasteiger partial charge is 0.311 e. The molecule has 1 amide bonds. The van der Waals surface area contributed by atoms with Crippen molar-refractivity contribution in [3.8, 4) is 0 Å². The molecule has 21 heavy (non-hydrogen) atoms. The lowest BCUT2D eigenvalue weighted by atomic mass is 10.0. The Morgan fingerprint density at radius 1 is 1.43 bits per heavy atom. The van der Waals surface area contributed by atoms with Gasteiger partial charge in [0, 0.05) is 17.2 Å². The summed E-state index contributed by atoms with van der Waals surface area (Å²) >= 11 is 0. The van der Waals surface area contributed by atoms with Gasteiger partial charge in [-0.15, -0.1) is 0 Å². The minimum Gasteiger partial charge on any atom is -0.481 e. The van der Waals surface area contributed by atoms with E-state index in [0.717, 1.165) is 0 Å². The minimum atomic E-state index is -1.03. The van der Waals surface area contributed by atoms with Crippen LogP contribution in [-0.4, -0.2) is 41.2 Å². The molecular weight excluding hydrogens is 280 g/mol. The fourth-order valence-electron chi connectivity index (χ4n) is 2.19. The third-order valence-electron chi connectivity index (χ3n) is 3.37. The molecule has 2 unspecified atom stereocenters. The van der Waals surface area contributed by atoms with E-state index < -0.39 is 28.8 Å². The number of nitrogens with zero attached hydrogens (tertiary/aromatic N) is 1. The molecule has 0 aliphatic carbocycles. The van der Waals surface area contributed by atoms with Crippen molar-refractivity contribution in [2.75, 3.05) is 13.2 Å². The Bertz CT molecular complexity index is 600. The number of hydrogen-bond acceptors (Lipinski definition) is 5. The normalized spacial score (nSPS) is 21.0. The molecule has 0 bridgehead atoms. The first-order valence-corrected chi connectivity index (χ1v) is 6.26. The quantitative estimate of drug-likeness (QED) is 0.624. The Kier molecular flexibility index (Phi) is 4.18. The Hall–Kier alpha value is -2.48. The summed E-state index contributed by atoms with van der Waals surface area (Å²) in [5.41, 5.74) is 0.540. The number of carboxylic acids is 1. The number of hydrogen-bond donors (Lipinski definition) is 2. The molecule has 112 valence electrons. The van der Waals surface area contributed by atoms with Crippen molar-refractivity contribution in [2.24, 2.45) is 5.92 Å². The fraction of sp³-hybridized carbons (Fsp3) is 0.385. The van der Waals surface area contributed by atoms with E-state index in [0.29, 0.717) is 5.56 Å². The van der Waals surface area contributed by atoms with Crippen molar-refractivity contribution >= 4 is 17.6 Å². The van der Waals surface area contributed by atoms with Crippen LogP contribution in [0.15, 0.2) is 18.2 Å². The number of aryl methyl sites for hydroxylation is 1. The number of nitrogens with one attached hydrogen (secondary N) is 1. The maximum Gasteiger partial charge on any atom is 0.311 e. The first kappa shape index (κ1) is 14.9. The Labute approximate surface area is 119 Å². The van der Waals surface area contributed by atoms with Crippen LogP contribution in [-0.2, 0) is 9.53 Å². The number of benzene rings is 1. The van der Waals surface area contributed by atoms with E-state index in [1.807, 2.05) is 0 Å². The monoisotopic (exact) mass is 294 g/mol. The lowest BCUT2D eigenvalue weighted by Gasteiger charge is -2.15. The summed E-state index contributed by atoms with van der Waals surface area (Å²) in [5, 5.41) is 22.3. The highest BCUT2D eigenvalue weighted by molar-refractivity contribution is 5.95. The van der Waals surface area contributed by atoms with Gasteiger partial charge in [0.1, 0.15) is 5.92 Å². The van der Waals surface area contributed by atoms with E-state index >= 15 is 0 Å². The maximum absolute atomic E-state index is 12.1. The zero-order valence-electron chi connectivity index (χ0n) is 11.2. The molecule has 1 heterocycles. The zero-order valence-corrected chi connectivity index (χ0v) is 11.2. The predicted octanol–water partition coefficient (Wildman–Crippen LogP) is 0.733. The average molecular weight is 294 g/mol. The highest BCUT2D eigenvalue weighted by Gasteiger charge is 2.35. The van der Waals surface area contributed by atoms with Gasteiger partial charge in [-0.05, 0) is 19.1 Å². The van der Waals surface area contributed by atoms with Gasteiger partial charge >= 0.3 is 5.97 Å². The standard InChI is InChI=1S/C13H14N2O6/c1-7-4-8(2-3-11(7)15(19)20)12(16)14-10-6-21-5-9(10)13(17)18/h2-4,9-10H,5-6H2,1H3,(H,14,16)(H,17,18). The van der Waals surface area contributed by atoms with Crippen molar-refractivity contribution in [1.82, 2.24) is 5.32 Å². The van der Waals surface area contributed by atoms with Crippen molar-refractivity contribution in [3.05, 3.63) is 39.4 Å². The molecule has 2 rings (SSSR count). The first-order chi connectivity index (χ1) is 9.90. The highest BCUT2D eigenvalue weighted by Crippen LogP contribution is 2.20. The van der Waals surface area contributed by atoms with Gasteiger partial charge in [0.05, 0.1) is 24.2 Å². The van der Waals surface area contributed by atoms with Crippen LogP contribution in [0.3, 0.4) is 0 Å². The van der Waals surface area contributed by atoms with Crippen LogP contribution in [0.4, 0.5) is 5.69 Å². The molecule has 2 N–H and O–H groups in total. The highest BCUT2D eigenvalue weighted by atomic mass is 16.6. The van der Waals surface area contributed by atoms with Crippen LogP contribution in [0.25, 0.3) is 0 Å². The molecule has 1 aromatic carbocycles. The lowest BCUT2D eigenvalue weighted by molar-refractivity contribution is -0.385. The van der Waals surface area contributed by atoms with Crippen LogP contribution in [0.5, 0.6) is 0 Å². The molecule has 1 aliphatic heterocycles. The van der Waals surface area contributed by atoms with Gasteiger partial charge in [-0.1, -0.05) is 0 Å². The molecule has 0 spiro atoms. The molecule has 1 aliphatic rings. The summed E-state index contributed by atoms with van der Waals surface area (Å²) in [4.78, 5) is 33.3. The van der Waals surface area contributed by atoms with Gasteiger partial charge < -0.3 is 15.2 Å². The third kappa shape index (κ3) is 3.16. The molecule has 1 fully saturated rings. The second kappa shape index (κ2) is 5.88. The van der Waals surface area contributed by atoms with Crippen molar-refractivity contribution in [1.29, 1.82) is 0 Å². The van der Waals surface area contributed by atoms with Crippen LogP contribution < -0.4 is 5.32 Å². The number of amides is 1. The van der Waals surface area contributed by atoms with E-state index in [2.05, 4.69) is 5.32 Å². The Balaban J connectivity index is 2.12. The summed E-state index contributed by atoms with van der Waals surface area (Å²) < 4.78 is 5.06. The van der Waals surface area contributed by atoms with Gasteiger partial charge in [-0.25, -0.2) is 0 Å². The first-order valence-electron chi connectivity index (χ1n) is 6.26. The maximum atomic E-state index is 12.1. The number of aliphatic carboxylic acids is 1. The van der Waals surface area contributed by atoms with E-state index in [1.54, 1.807) is 0 Å². The van der Waals surface area contributed by atoms with E-state index in [9.17, 15) is 19.7 Å². The van der Waals surface area contributed by atoms with Gasteiger partial charge in [0.2, 0.25) is 0 Å². The Morgan fingerprint density at radius 3 is 2.71 bits per heavy atom. The SMILES string of the molecule is Cc1cc(C(=O)NC2COCC2C(=O)O)ccc1[N+](=O)[O-]. The van der Waals surface area contributed by atoms with Crippen LogP contribution in [0.1, 0.15) is 15.9 Å². The number of rotatable bonds is 4. The summed E-state index contributed by atoms with van der Waals surface area (Å²) in [6, 6.07) is 3.39. The lowest BCUT2D eigenvalue weighted by Crippen LogP contribution is -2.42. The van der Waals surface area contributed by atoms with Crippen molar-refractivity contribution < 1.29 is 24.4 Å². The number of carbonyl (C=O) groups excluding carboxylic acids is 1. The number of ether oxygens (including phenoxy) is 1. The van der Waals surface area contributed by atoms with Gasteiger partial charge in [-0.2, -0.15) is 0 Å². The molecule has 0 aromatic heterocycles. The van der Waals surface area contributed by atoms with E-state index in [1.165, 1.54) is 25.1 Å². The second-order valence-electron chi connectivity index (χ2n) is 4.82. The van der Waals surface area contributed by atoms with Gasteiger partial charge in [0.25, 0.3) is 11.6 Å². The molecule has 0 saturated carbocycles. The second-order valence-corrected chi connectivity index (χ2v) is 4.82. The van der Waals surface area contributed by atoms with Crippen LogP contribution in [0, 0.1) is 23.0 Å². The van der Waals surface area contributed by atoms with Gasteiger partial charge in [-0.3, -0.25) is 19.7 Å². The largest absolute Gasteiger partial charge is 0.481 e. The van der Waals surface area contributed by atoms with Crippen molar-refractivity contribution in [3.63, 3.8) is 0 Å². The number of nitro groups is 1. The molecular formula is C13H14N2O6. The van der Waals surface area contributed by atoms with Crippen LogP contribution in [0.2, 0.25) is 0 Å². The summed E-state index contributed by atoms with van der Waals surface area (Å²) in [6.45, 7) is 1.72. The average Bonchev–Trinajstić information content (AvgIpc) is 2.86. The number of carboxylic acid groups (broad SMARTS) is 1. The third-order valence-corrected chi connectivity index (χ3v) is 3.37. The summed E-state index contributed by atoms with van der Waals surface area (Å²) in [5.74, 6) is -2.29. The van der Waals surface area contributed by atoms with Gasteiger partial charge in [0.15, 0.2) is 0 Å². The topological polar surface area (TPSA) is 119 Å². The molecule has 8 nitrogen and oxygen atoms in total. The molecule has 0 radical (unpaired) electrons. The predicted molar refractivity (Wildman–Crippen MR) is 71.0 cm³/mol. The fourth-order valence-corrected chi connectivity index (χ4v) is 2.19. The summed E-state index contributed by atoms with van der Waals surface area (Å²) in [6.07, 6.45) is 0.